The molecule has 0 bridgehead atoms. The monoisotopic (exact) mass is 313 g/mol. The number of hydrogen-bond donors (Lipinski definition) is 2. The third-order valence-electron chi connectivity index (χ3n) is 3.09. The van der Waals surface area contributed by atoms with Crippen LogP contribution in [0.2, 0.25) is 0 Å². The first-order chi connectivity index (χ1) is 9.83. The van der Waals surface area contributed by atoms with Gasteiger partial charge in [0.25, 0.3) is 5.91 Å². The highest BCUT2D eigenvalue weighted by atomic mass is 32.2. The Kier molecular flexibility index (Phi) is 4.17. The van der Waals surface area contributed by atoms with Crippen LogP contribution < -0.4 is 10.1 Å². The first kappa shape index (κ1) is 15.3. The number of aliphatic carboxylic acids is 1. The van der Waals surface area contributed by atoms with Crippen molar-refractivity contribution in [2.75, 3.05) is 11.1 Å². The second-order valence-corrected chi connectivity index (χ2v) is 6.73. The van der Waals surface area contributed by atoms with E-state index in [-0.39, 0.29) is 16.5 Å². The number of sulfone groups is 1. The summed E-state index contributed by atoms with van der Waals surface area (Å²) in [6, 6.07) is 4.10. The Hall–Kier alpha value is -2.09. The highest BCUT2D eigenvalue weighted by Crippen LogP contribution is 2.32. The molecule has 114 valence electrons. The Morgan fingerprint density at radius 2 is 2.14 bits per heavy atom. The number of hydrogen-bond acceptors (Lipinski definition) is 5. The van der Waals surface area contributed by atoms with Gasteiger partial charge in [-0.1, -0.05) is 6.92 Å². The number of rotatable bonds is 5. The van der Waals surface area contributed by atoms with Crippen molar-refractivity contribution >= 4 is 27.4 Å². The minimum atomic E-state index is -3.71. The van der Waals surface area contributed by atoms with Crippen molar-refractivity contribution in [1.82, 2.24) is 0 Å². The molecule has 1 aliphatic heterocycles. The molecule has 1 amide bonds. The number of carbonyl (C=O) groups is 2. The molecule has 7 nitrogen and oxygen atoms in total. The number of fused-ring (bicyclic) bond motifs is 1. The quantitative estimate of drug-likeness (QED) is 0.840. The molecule has 0 fully saturated rings. The minimum absolute atomic E-state index is 0.0404. The second kappa shape index (κ2) is 5.72. The van der Waals surface area contributed by atoms with Crippen molar-refractivity contribution < 1.29 is 27.9 Å². The maximum atomic E-state index is 12.0. The van der Waals surface area contributed by atoms with Crippen molar-refractivity contribution in [3.63, 3.8) is 0 Å². The molecule has 0 aromatic heterocycles. The van der Waals surface area contributed by atoms with Gasteiger partial charge in [-0.25, -0.2) is 8.42 Å². The van der Waals surface area contributed by atoms with Gasteiger partial charge in [-0.05, 0) is 24.6 Å². The van der Waals surface area contributed by atoms with Gasteiger partial charge < -0.3 is 15.2 Å². The summed E-state index contributed by atoms with van der Waals surface area (Å²) in [6.07, 6.45) is -0.559. The highest BCUT2D eigenvalue weighted by Gasteiger charge is 2.27. The predicted molar refractivity (Wildman–Crippen MR) is 74.1 cm³/mol. The number of nitrogens with one attached hydrogen (secondary N) is 1. The fraction of sp³-hybridized carbons (Fsp3) is 0.385. The molecule has 0 saturated heterocycles. The molecule has 0 aliphatic carbocycles. The van der Waals surface area contributed by atoms with Crippen LogP contribution in [0.4, 0.5) is 5.69 Å². The molecule has 2 rings (SSSR count). The lowest BCUT2D eigenvalue weighted by Crippen LogP contribution is -2.36. The zero-order valence-corrected chi connectivity index (χ0v) is 12.1. The second-order valence-electron chi connectivity index (χ2n) is 4.62. The van der Waals surface area contributed by atoms with Gasteiger partial charge in [0.1, 0.15) is 5.75 Å². The normalized spacial score (nSPS) is 17.6. The van der Waals surface area contributed by atoms with Crippen molar-refractivity contribution in [2.24, 2.45) is 0 Å². The van der Waals surface area contributed by atoms with Gasteiger partial charge in [0.2, 0.25) is 0 Å². The lowest BCUT2D eigenvalue weighted by atomic mass is 10.2. The van der Waals surface area contributed by atoms with Crippen molar-refractivity contribution in [3.8, 4) is 5.75 Å². The summed E-state index contributed by atoms with van der Waals surface area (Å²) in [7, 11) is -3.71. The average molecular weight is 313 g/mol. The zero-order chi connectivity index (χ0) is 15.6. The van der Waals surface area contributed by atoms with Gasteiger partial charge in [0, 0.05) is 0 Å². The van der Waals surface area contributed by atoms with Gasteiger partial charge >= 0.3 is 5.97 Å². The molecule has 0 spiro atoms. The van der Waals surface area contributed by atoms with Crippen LogP contribution in [0.1, 0.15) is 19.8 Å². The molecule has 8 heteroatoms. The molecule has 1 unspecified atom stereocenters. The number of anilines is 1. The predicted octanol–water partition coefficient (Wildman–Crippen LogP) is 1.04. The van der Waals surface area contributed by atoms with Crippen LogP contribution in [0.5, 0.6) is 5.75 Å². The standard InChI is InChI=1S/C13H15NO6S/c1-2-10-13(17)14-9-7-8(3-4-11(9)20-10)21(18,19)6-5-12(15)16/h3-4,7,10H,2,5-6H2,1H3,(H,14,17)(H,15,16). The topological polar surface area (TPSA) is 110 Å². The summed E-state index contributed by atoms with van der Waals surface area (Å²) in [5, 5.41) is 11.2. The summed E-state index contributed by atoms with van der Waals surface area (Å²) in [6.45, 7) is 1.81. The lowest BCUT2D eigenvalue weighted by Gasteiger charge is -2.25. The summed E-state index contributed by atoms with van der Waals surface area (Å²) < 4.78 is 29.5. The Bertz CT molecular complexity index is 682. The fourth-order valence-corrected chi connectivity index (χ4v) is 3.18. The number of ether oxygens (including phenoxy) is 1. The number of benzene rings is 1. The van der Waals surface area contributed by atoms with E-state index in [1.165, 1.54) is 18.2 Å². The third-order valence-corrected chi connectivity index (χ3v) is 4.80. The van der Waals surface area contributed by atoms with E-state index in [1.807, 2.05) is 0 Å². The Labute approximate surface area is 121 Å². The van der Waals surface area contributed by atoms with E-state index in [4.69, 9.17) is 9.84 Å². The van der Waals surface area contributed by atoms with Crippen molar-refractivity contribution in [2.45, 2.75) is 30.8 Å². The Morgan fingerprint density at radius 3 is 2.76 bits per heavy atom. The van der Waals surface area contributed by atoms with E-state index in [9.17, 15) is 18.0 Å². The number of carboxylic acids is 1. The maximum Gasteiger partial charge on any atom is 0.304 e. The van der Waals surface area contributed by atoms with E-state index in [0.29, 0.717) is 12.2 Å². The Morgan fingerprint density at radius 1 is 1.43 bits per heavy atom. The molecule has 1 heterocycles. The number of amides is 1. The van der Waals surface area contributed by atoms with Crippen LogP contribution in [-0.4, -0.2) is 37.3 Å². The molecular weight excluding hydrogens is 298 g/mol. The first-order valence-electron chi connectivity index (χ1n) is 6.39. The summed E-state index contributed by atoms with van der Waals surface area (Å²) in [5.41, 5.74) is 0.279. The van der Waals surface area contributed by atoms with E-state index >= 15 is 0 Å². The van der Waals surface area contributed by atoms with Gasteiger partial charge in [0.15, 0.2) is 15.9 Å². The van der Waals surface area contributed by atoms with E-state index < -0.39 is 34.1 Å². The highest BCUT2D eigenvalue weighted by molar-refractivity contribution is 7.91. The van der Waals surface area contributed by atoms with Crippen molar-refractivity contribution in [3.05, 3.63) is 18.2 Å². The molecule has 21 heavy (non-hydrogen) atoms. The molecule has 0 radical (unpaired) electrons. The maximum absolute atomic E-state index is 12.0. The molecule has 1 aliphatic rings. The van der Waals surface area contributed by atoms with Gasteiger partial charge in [0.05, 0.1) is 22.8 Å². The molecule has 2 N–H and O–H groups in total. The molecule has 0 saturated carbocycles. The van der Waals surface area contributed by atoms with Crippen LogP contribution in [0, 0.1) is 0 Å². The molecule has 1 aromatic carbocycles. The van der Waals surface area contributed by atoms with Crippen LogP contribution in [-0.2, 0) is 19.4 Å². The Balaban J connectivity index is 2.28. The van der Waals surface area contributed by atoms with E-state index in [0.717, 1.165) is 0 Å². The van der Waals surface area contributed by atoms with E-state index in [1.54, 1.807) is 6.92 Å². The van der Waals surface area contributed by atoms with Crippen LogP contribution in [0.3, 0.4) is 0 Å². The first-order valence-corrected chi connectivity index (χ1v) is 8.05. The SMILES string of the molecule is CCC1Oc2ccc(S(=O)(=O)CCC(=O)O)cc2NC1=O. The molecular formula is C13H15NO6S. The van der Waals surface area contributed by atoms with Crippen LogP contribution in [0.25, 0.3) is 0 Å². The number of carboxylic acid groups (broad SMARTS) is 1. The minimum Gasteiger partial charge on any atom is -0.481 e. The summed E-state index contributed by atoms with van der Waals surface area (Å²) in [5.74, 6) is -1.60. The smallest absolute Gasteiger partial charge is 0.304 e. The molecule has 1 atom stereocenters. The largest absolute Gasteiger partial charge is 0.481 e. The fourth-order valence-electron chi connectivity index (χ4n) is 1.93. The van der Waals surface area contributed by atoms with Crippen molar-refractivity contribution in [1.29, 1.82) is 0 Å². The lowest BCUT2D eigenvalue weighted by molar-refractivity contribution is -0.136. The zero-order valence-electron chi connectivity index (χ0n) is 11.3. The average Bonchev–Trinajstić information content (AvgIpc) is 2.44. The van der Waals surface area contributed by atoms with E-state index in [2.05, 4.69) is 5.32 Å². The summed E-state index contributed by atoms with van der Waals surface area (Å²) in [4.78, 5) is 22.1. The van der Waals surface area contributed by atoms with Crippen LogP contribution in [0.15, 0.2) is 23.1 Å². The summed E-state index contributed by atoms with van der Waals surface area (Å²) >= 11 is 0. The van der Waals surface area contributed by atoms with Gasteiger partial charge in [-0.3, -0.25) is 9.59 Å². The van der Waals surface area contributed by atoms with Gasteiger partial charge in [-0.2, -0.15) is 0 Å². The van der Waals surface area contributed by atoms with Crippen LogP contribution >= 0.6 is 0 Å². The molecule has 1 aromatic rings. The third kappa shape index (κ3) is 3.33. The van der Waals surface area contributed by atoms with Gasteiger partial charge in [-0.15, -0.1) is 0 Å². The number of carbonyl (C=O) groups excluding carboxylic acids is 1.